The summed E-state index contributed by atoms with van der Waals surface area (Å²) in [6.45, 7) is 3.40. The largest absolute Gasteiger partial charge is 0.446 e. The highest BCUT2D eigenvalue weighted by Gasteiger charge is 2.29. The summed E-state index contributed by atoms with van der Waals surface area (Å²) in [5.41, 5.74) is -3.66. The molecule has 0 bridgehead atoms. The van der Waals surface area contributed by atoms with E-state index in [4.69, 9.17) is 0 Å². The van der Waals surface area contributed by atoms with Crippen LogP contribution < -0.4 is 5.32 Å². The van der Waals surface area contributed by atoms with Gasteiger partial charge in [-0.25, -0.2) is 13.1 Å². The summed E-state index contributed by atoms with van der Waals surface area (Å²) in [6.07, 6.45) is 1.22. The number of hydrogen-bond donors (Lipinski definition) is 1. The molecule has 27 heavy (non-hydrogen) atoms. The second-order valence-electron chi connectivity index (χ2n) is 5.40. The van der Waals surface area contributed by atoms with E-state index in [0.717, 1.165) is 5.41 Å². The van der Waals surface area contributed by atoms with E-state index < -0.39 is 21.3 Å². The van der Waals surface area contributed by atoms with Gasteiger partial charge in [0.05, 0.1) is 18.5 Å². The van der Waals surface area contributed by atoms with Gasteiger partial charge in [-0.3, -0.25) is 4.79 Å². The van der Waals surface area contributed by atoms with Crippen molar-refractivity contribution in [2.45, 2.75) is 23.4 Å². The fourth-order valence-corrected chi connectivity index (χ4v) is 3.23. The van der Waals surface area contributed by atoms with E-state index in [1.54, 1.807) is 0 Å². The van der Waals surface area contributed by atoms with Crippen LogP contribution in [0.3, 0.4) is 0 Å². The number of hydrogen-bond acceptors (Lipinski definition) is 5. The predicted molar refractivity (Wildman–Crippen MR) is 96.9 cm³/mol. The molecule has 1 aromatic heterocycles. The van der Waals surface area contributed by atoms with Crippen LogP contribution in [0.4, 0.5) is 19.0 Å². The average molecular weight is 419 g/mol. The minimum absolute atomic E-state index is 0.0728. The molecule has 11 heteroatoms. The lowest BCUT2D eigenvalue weighted by atomic mass is 10.2. The van der Waals surface area contributed by atoms with E-state index in [1.165, 1.54) is 41.2 Å². The van der Waals surface area contributed by atoms with Crippen LogP contribution >= 0.6 is 11.8 Å². The van der Waals surface area contributed by atoms with Crippen LogP contribution in [-0.4, -0.2) is 35.4 Å². The Hall–Kier alpha value is -2.27. The van der Waals surface area contributed by atoms with Gasteiger partial charge in [0.1, 0.15) is 5.82 Å². The fraction of sp³-hybridized carbons (Fsp3) is 0.250. The van der Waals surface area contributed by atoms with Gasteiger partial charge in [0.25, 0.3) is 0 Å². The number of alkyl halides is 3. The van der Waals surface area contributed by atoms with E-state index in [2.05, 4.69) is 17.0 Å². The smallest absolute Gasteiger partial charge is 0.311 e. The van der Waals surface area contributed by atoms with Crippen molar-refractivity contribution >= 4 is 33.3 Å². The highest BCUT2D eigenvalue weighted by molar-refractivity contribution is 8.00. The Labute approximate surface area is 158 Å². The number of anilines is 1. The van der Waals surface area contributed by atoms with Crippen LogP contribution in [-0.2, 0) is 21.2 Å². The molecule has 146 valence electrons. The first kappa shape index (κ1) is 21.0. The zero-order valence-electron chi connectivity index (χ0n) is 13.9. The molecule has 1 N–H and O–H groups in total. The first-order valence-electron chi connectivity index (χ1n) is 7.59. The molecule has 2 aromatic rings. The second kappa shape index (κ2) is 8.61. The third-order valence-corrected chi connectivity index (χ3v) is 5.36. The van der Waals surface area contributed by atoms with Crippen LogP contribution in [0.1, 0.15) is 12.0 Å². The minimum Gasteiger partial charge on any atom is -0.311 e. The normalized spacial score (nSPS) is 12.0. The van der Waals surface area contributed by atoms with Gasteiger partial charge in [0.2, 0.25) is 5.91 Å². The molecule has 0 fully saturated rings. The summed E-state index contributed by atoms with van der Waals surface area (Å²) >= 11 is -0.197. The van der Waals surface area contributed by atoms with Gasteiger partial charge < -0.3 is 5.32 Å². The fourth-order valence-electron chi connectivity index (χ4n) is 2.06. The number of carbonyl (C=O) groups is 1. The molecule has 0 radical (unpaired) electrons. The molecular formula is C16H16F3N3O3S2. The third-order valence-electron chi connectivity index (χ3n) is 3.34. The Morgan fingerprint density at radius 3 is 2.52 bits per heavy atom. The van der Waals surface area contributed by atoms with Crippen LogP contribution in [0.25, 0.3) is 0 Å². The number of amides is 1. The van der Waals surface area contributed by atoms with E-state index >= 15 is 0 Å². The molecule has 1 amide bonds. The van der Waals surface area contributed by atoms with E-state index in [9.17, 15) is 26.4 Å². The maximum absolute atomic E-state index is 12.3. The molecule has 0 aliphatic rings. The minimum atomic E-state index is -4.35. The van der Waals surface area contributed by atoms with Crippen LogP contribution in [0.2, 0.25) is 0 Å². The van der Waals surface area contributed by atoms with Crippen molar-refractivity contribution < 1.29 is 26.4 Å². The monoisotopic (exact) mass is 419 g/mol. The lowest BCUT2D eigenvalue weighted by Gasteiger charge is -2.10. The molecule has 1 heterocycles. The molecule has 0 saturated carbocycles. The molecule has 0 saturated heterocycles. The molecule has 1 aromatic carbocycles. The average Bonchev–Trinajstić information content (AvgIpc) is 3.00. The van der Waals surface area contributed by atoms with E-state index in [-0.39, 0.29) is 35.4 Å². The zero-order chi connectivity index (χ0) is 20.1. The number of halogens is 3. The number of rotatable bonds is 8. The number of benzene rings is 1. The molecule has 2 rings (SSSR count). The van der Waals surface area contributed by atoms with Gasteiger partial charge in [-0.05, 0) is 29.5 Å². The molecular weight excluding hydrogens is 403 g/mol. The predicted octanol–water partition coefficient (Wildman–Crippen LogP) is 3.43. The SMILES string of the molecule is C=CS(=O)(=O)CCC(=O)Nc1ccnn1Cc1ccc(SC(F)(F)F)cc1. The van der Waals surface area contributed by atoms with Crippen molar-refractivity contribution in [2.75, 3.05) is 11.1 Å². The standard InChI is InChI=1S/C16H16F3N3O3S2/c1-2-27(24,25)10-8-15(23)21-14-7-9-20-22(14)11-12-3-5-13(6-4-12)26-16(17,18)19/h2-7,9H,1,8,10-11H2,(H,21,23). The number of aromatic nitrogens is 2. The Kier molecular flexibility index (Phi) is 6.71. The number of sulfone groups is 1. The molecule has 0 spiro atoms. The van der Waals surface area contributed by atoms with Crippen LogP contribution in [0.5, 0.6) is 0 Å². The molecule has 6 nitrogen and oxygen atoms in total. The number of nitrogens with one attached hydrogen (secondary N) is 1. The summed E-state index contributed by atoms with van der Waals surface area (Å²) in [6, 6.07) is 7.33. The van der Waals surface area contributed by atoms with Crippen molar-refractivity contribution in [3.63, 3.8) is 0 Å². The summed E-state index contributed by atoms with van der Waals surface area (Å²) in [5, 5.41) is 7.41. The number of nitrogens with zero attached hydrogens (tertiary/aromatic N) is 2. The highest BCUT2D eigenvalue weighted by atomic mass is 32.2. The van der Waals surface area contributed by atoms with Crippen molar-refractivity contribution in [3.05, 3.63) is 54.1 Å². The summed E-state index contributed by atoms with van der Waals surface area (Å²) < 4.78 is 61.2. The van der Waals surface area contributed by atoms with Crippen molar-refractivity contribution in [1.29, 1.82) is 0 Å². The Bertz CT molecular complexity index is 907. The van der Waals surface area contributed by atoms with Gasteiger partial charge in [-0.15, -0.1) is 0 Å². The maximum Gasteiger partial charge on any atom is 0.446 e. The van der Waals surface area contributed by atoms with Gasteiger partial charge in [-0.1, -0.05) is 18.7 Å². The van der Waals surface area contributed by atoms with E-state index in [1.807, 2.05) is 0 Å². The molecule has 0 aliphatic heterocycles. The summed E-state index contributed by atoms with van der Waals surface area (Å²) in [7, 11) is -3.47. The first-order chi connectivity index (χ1) is 12.6. The van der Waals surface area contributed by atoms with Crippen molar-refractivity contribution in [3.8, 4) is 0 Å². The quantitative estimate of drug-likeness (QED) is 0.663. The third kappa shape index (κ3) is 7.10. The summed E-state index contributed by atoms with van der Waals surface area (Å²) in [5.74, 6) is -0.502. The zero-order valence-corrected chi connectivity index (χ0v) is 15.6. The Morgan fingerprint density at radius 2 is 1.93 bits per heavy atom. The van der Waals surface area contributed by atoms with Crippen molar-refractivity contribution in [2.24, 2.45) is 0 Å². The molecule has 0 atom stereocenters. The molecule has 0 unspecified atom stereocenters. The molecule has 0 aliphatic carbocycles. The first-order valence-corrected chi connectivity index (χ1v) is 10.1. The Morgan fingerprint density at radius 1 is 1.26 bits per heavy atom. The van der Waals surface area contributed by atoms with E-state index in [0.29, 0.717) is 11.4 Å². The Balaban J connectivity index is 1.98. The van der Waals surface area contributed by atoms with Crippen LogP contribution in [0, 0.1) is 0 Å². The lowest BCUT2D eigenvalue weighted by molar-refractivity contribution is -0.115. The lowest BCUT2D eigenvalue weighted by Crippen LogP contribution is -2.18. The number of thioether (sulfide) groups is 1. The second-order valence-corrected chi connectivity index (χ2v) is 8.60. The number of carbonyl (C=O) groups excluding carboxylic acids is 1. The highest BCUT2D eigenvalue weighted by Crippen LogP contribution is 2.36. The topological polar surface area (TPSA) is 81.1 Å². The van der Waals surface area contributed by atoms with Gasteiger partial charge in [0.15, 0.2) is 9.84 Å². The van der Waals surface area contributed by atoms with Gasteiger partial charge in [0, 0.05) is 22.8 Å². The summed E-state index contributed by atoms with van der Waals surface area (Å²) in [4.78, 5) is 12.0. The van der Waals surface area contributed by atoms with Gasteiger partial charge >= 0.3 is 5.51 Å². The van der Waals surface area contributed by atoms with Gasteiger partial charge in [-0.2, -0.15) is 18.3 Å². The maximum atomic E-state index is 12.3. The van der Waals surface area contributed by atoms with Crippen molar-refractivity contribution in [1.82, 2.24) is 9.78 Å². The van der Waals surface area contributed by atoms with Crippen LogP contribution in [0.15, 0.2) is 53.4 Å².